The molecule has 0 saturated heterocycles. The second-order valence-electron chi connectivity index (χ2n) is 6.72. The van der Waals surface area contributed by atoms with E-state index in [9.17, 15) is 31.5 Å². The number of carbonyl (C=O) groups is 2. The van der Waals surface area contributed by atoms with Crippen LogP contribution in [-0.2, 0) is 21.4 Å². The van der Waals surface area contributed by atoms with Crippen molar-refractivity contribution in [1.29, 1.82) is 0 Å². The summed E-state index contributed by atoms with van der Waals surface area (Å²) in [5.41, 5.74) is 1.78. The molecule has 3 N–H and O–H groups in total. The van der Waals surface area contributed by atoms with Gasteiger partial charge in [0.25, 0.3) is 10.0 Å². The number of rotatable bonds is 7. The van der Waals surface area contributed by atoms with E-state index in [0.717, 1.165) is 16.9 Å². The van der Waals surface area contributed by atoms with Crippen LogP contribution in [0.1, 0.15) is 15.9 Å². The molecule has 1 heterocycles. The minimum atomic E-state index is -5.08. The van der Waals surface area contributed by atoms with Crippen molar-refractivity contribution in [2.24, 2.45) is 0 Å². The molecule has 13 heteroatoms. The highest BCUT2D eigenvalue weighted by molar-refractivity contribution is 7.94. The highest BCUT2D eigenvalue weighted by Gasteiger charge is 2.38. The highest BCUT2D eigenvalue weighted by Crippen LogP contribution is 2.27. The molecule has 0 unspecified atom stereocenters. The summed E-state index contributed by atoms with van der Waals surface area (Å²) in [4.78, 5) is 22.4. The Hall–Kier alpha value is -3.58. The van der Waals surface area contributed by atoms with E-state index in [1.807, 2.05) is 35.2 Å². The fraction of sp³-hybridized carbons (Fsp3) is 0.143. The molecule has 182 valence electrons. The van der Waals surface area contributed by atoms with Crippen LogP contribution in [0.4, 0.5) is 24.5 Å². The van der Waals surface area contributed by atoms with Gasteiger partial charge in [-0.15, -0.1) is 11.3 Å². The van der Waals surface area contributed by atoms with E-state index in [0.29, 0.717) is 12.2 Å². The summed E-state index contributed by atoms with van der Waals surface area (Å²) < 4.78 is 59.0. The van der Waals surface area contributed by atoms with Gasteiger partial charge in [0.1, 0.15) is 4.21 Å². The SMILES string of the molecule is CN(Cc1ccccc1)c1ccc(NS(=O)(=O)c2cccs2)cc1C(=O)O.O=C(O)C(F)(F)F. The predicted octanol–water partition coefficient (Wildman–Crippen LogP) is 4.52. The maximum Gasteiger partial charge on any atom is 0.490 e. The van der Waals surface area contributed by atoms with Crippen LogP contribution in [-0.4, -0.2) is 43.8 Å². The number of benzene rings is 2. The smallest absolute Gasteiger partial charge is 0.478 e. The quantitative estimate of drug-likeness (QED) is 0.422. The monoisotopic (exact) mass is 516 g/mol. The number of alkyl halides is 3. The lowest BCUT2D eigenvalue weighted by molar-refractivity contribution is -0.192. The van der Waals surface area contributed by atoms with Crippen molar-refractivity contribution in [1.82, 2.24) is 0 Å². The van der Waals surface area contributed by atoms with Gasteiger partial charge in [-0.2, -0.15) is 13.2 Å². The molecule has 0 aliphatic rings. The third-order valence-electron chi connectivity index (χ3n) is 4.16. The Kier molecular flexibility index (Phi) is 8.65. The zero-order valence-electron chi connectivity index (χ0n) is 17.5. The van der Waals surface area contributed by atoms with Gasteiger partial charge >= 0.3 is 18.1 Å². The average Bonchev–Trinajstić information content (AvgIpc) is 3.30. The van der Waals surface area contributed by atoms with Crippen LogP contribution in [0.25, 0.3) is 0 Å². The zero-order valence-corrected chi connectivity index (χ0v) is 19.1. The molecule has 8 nitrogen and oxygen atoms in total. The van der Waals surface area contributed by atoms with Crippen LogP contribution >= 0.6 is 11.3 Å². The normalized spacial score (nSPS) is 11.2. The fourth-order valence-electron chi connectivity index (χ4n) is 2.67. The number of aromatic carboxylic acids is 1. The first-order chi connectivity index (χ1) is 15.8. The molecule has 0 fully saturated rings. The van der Waals surface area contributed by atoms with E-state index in [2.05, 4.69) is 4.72 Å². The van der Waals surface area contributed by atoms with Gasteiger partial charge in [0.2, 0.25) is 0 Å². The molecule has 0 aliphatic carbocycles. The summed E-state index contributed by atoms with van der Waals surface area (Å²) in [6.45, 7) is 0.529. The van der Waals surface area contributed by atoms with Crippen molar-refractivity contribution < 1.29 is 41.4 Å². The van der Waals surface area contributed by atoms with Crippen LogP contribution in [0, 0.1) is 0 Å². The van der Waals surface area contributed by atoms with Crippen molar-refractivity contribution in [2.45, 2.75) is 16.9 Å². The summed E-state index contributed by atoms with van der Waals surface area (Å²) in [5.74, 6) is -3.88. The number of thiophene rings is 1. The van der Waals surface area contributed by atoms with Gasteiger partial charge in [-0.1, -0.05) is 36.4 Å². The molecule has 0 atom stereocenters. The van der Waals surface area contributed by atoms with Gasteiger partial charge in [-0.25, -0.2) is 18.0 Å². The Morgan fingerprint density at radius 2 is 1.65 bits per heavy atom. The number of nitrogens with zero attached hydrogens (tertiary/aromatic N) is 1. The second-order valence-corrected chi connectivity index (χ2v) is 9.58. The molecule has 3 aromatic rings. The van der Waals surface area contributed by atoms with E-state index in [1.54, 1.807) is 30.6 Å². The third kappa shape index (κ3) is 7.49. The van der Waals surface area contributed by atoms with E-state index in [4.69, 9.17) is 9.90 Å². The Bertz CT molecular complexity index is 1230. The number of nitrogens with one attached hydrogen (secondary N) is 1. The predicted molar refractivity (Wildman–Crippen MR) is 121 cm³/mol. The van der Waals surface area contributed by atoms with Crippen molar-refractivity contribution in [3.63, 3.8) is 0 Å². The van der Waals surface area contributed by atoms with Crippen LogP contribution in [0.15, 0.2) is 70.3 Å². The van der Waals surface area contributed by atoms with E-state index in [-0.39, 0.29) is 15.5 Å². The topological polar surface area (TPSA) is 124 Å². The Morgan fingerprint density at radius 3 is 2.15 bits per heavy atom. The minimum absolute atomic E-state index is 0.0276. The number of aliphatic carboxylic acids is 1. The maximum atomic E-state index is 12.3. The molecule has 0 bridgehead atoms. The molecule has 0 amide bonds. The first-order valence-electron chi connectivity index (χ1n) is 9.30. The number of carboxylic acid groups (broad SMARTS) is 2. The van der Waals surface area contributed by atoms with E-state index < -0.39 is 28.1 Å². The fourth-order valence-corrected chi connectivity index (χ4v) is 4.71. The van der Waals surface area contributed by atoms with Crippen molar-refractivity contribution in [2.75, 3.05) is 16.7 Å². The largest absolute Gasteiger partial charge is 0.490 e. The number of hydrogen-bond acceptors (Lipinski definition) is 6. The van der Waals surface area contributed by atoms with Gasteiger partial charge in [-0.3, -0.25) is 4.72 Å². The van der Waals surface area contributed by atoms with Crippen molar-refractivity contribution >= 4 is 44.7 Å². The van der Waals surface area contributed by atoms with Crippen molar-refractivity contribution in [3.8, 4) is 0 Å². The Morgan fingerprint density at radius 1 is 1.03 bits per heavy atom. The lowest BCUT2D eigenvalue weighted by atomic mass is 10.1. The summed E-state index contributed by atoms with van der Waals surface area (Å²) in [6, 6.07) is 17.3. The third-order valence-corrected chi connectivity index (χ3v) is 6.93. The second kappa shape index (κ2) is 11.0. The van der Waals surface area contributed by atoms with Gasteiger partial charge in [0.15, 0.2) is 0 Å². The molecule has 1 aromatic heterocycles. The number of anilines is 2. The first kappa shape index (κ1) is 26.7. The molecule has 0 saturated carbocycles. The maximum absolute atomic E-state index is 12.3. The summed E-state index contributed by atoms with van der Waals surface area (Å²) in [6.07, 6.45) is -5.08. The molecule has 2 aromatic carbocycles. The summed E-state index contributed by atoms with van der Waals surface area (Å²) in [5, 5.41) is 18.4. The highest BCUT2D eigenvalue weighted by atomic mass is 32.2. The van der Waals surface area contributed by atoms with Crippen molar-refractivity contribution in [3.05, 3.63) is 77.2 Å². The Labute approximate surface area is 196 Å². The standard InChI is InChI=1S/C19H18N2O4S2.C2HF3O2/c1-21(13-14-6-3-2-4-7-14)17-10-9-15(12-16(17)19(22)23)20-27(24,25)18-8-5-11-26-18;3-2(4,5)1(6)7/h2-12,20H,13H2,1H3,(H,22,23);(H,6,7). The molecule has 34 heavy (non-hydrogen) atoms. The van der Waals surface area contributed by atoms with E-state index in [1.165, 1.54) is 12.1 Å². The van der Waals surface area contributed by atoms with Crippen LogP contribution in [0.5, 0.6) is 0 Å². The van der Waals surface area contributed by atoms with Crippen LogP contribution < -0.4 is 9.62 Å². The molecule has 0 radical (unpaired) electrons. The molecule has 0 aliphatic heterocycles. The lowest BCUT2D eigenvalue weighted by Gasteiger charge is -2.22. The molecular weight excluding hydrogens is 497 g/mol. The number of halogens is 3. The number of carboxylic acids is 2. The van der Waals surface area contributed by atoms with Gasteiger partial charge in [-0.05, 0) is 35.2 Å². The van der Waals surface area contributed by atoms with Crippen LogP contribution in [0.3, 0.4) is 0 Å². The van der Waals surface area contributed by atoms with Gasteiger partial charge in [0, 0.05) is 19.3 Å². The molecular formula is C21H19F3N2O6S2. The Balaban J connectivity index is 0.000000509. The average molecular weight is 517 g/mol. The summed E-state index contributed by atoms with van der Waals surface area (Å²) >= 11 is 1.09. The van der Waals surface area contributed by atoms with Gasteiger partial charge < -0.3 is 15.1 Å². The molecule has 0 spiro atoms. The van der Waals surface area contributed by atoms with E-state index >= 15 is 0 Å². The minimum Gasteiger partial charge on any atom is -0.478 e. The first-order valence-corrected chi connectivity index (χ1v) is 11.7. The molecule has 3 rings (SSSR count). The lowest BCUT2D eigenvalue weighted by Crippen LogP contribution is -2.21. The zero-order chi connectivity index (χ0) is 25.5. The number of sulfonamides is 1. The van der Waals surface area contributed by atoms with Gasteiger partial charge in [0.05, 0.1) is 11.3 Å². The summed E-state index contributed by atoms with van der Waals surface area (Å²) in [7, 11) is -1.94. The van der Waals surface area contributed by atoms with Crippen LogP contribution in [0.2, 0.25) is 0 Å². The number of hydrogen-bond donors (Lipinski definition) is 3.